The van der Waals surface area contributed by atoms with Crippen molar-refractivity contribution in [3.63, 3.8) is 0 Å². The number of nitrogen functional groups attached to an aromatic ring is 1. The summed E-state index contributed by atoms with van der Waals surface area (Å²) >= 11 is 0. The average Bonchev–Trinajstić information content (AvgIpc) is 2.34. The summed E-state index contributed by atoms with van der Waals surface area (Å²) in [6.45, 7) is 3.16. The molecule has 0 saturated heterocycles. The molecule has 1 aliphatic carbocycles. The third-order valence-corrected chi connectivity index (χ3v) is 3.32. The first kappa shape index (κ1) is 11.2. The van der Waals surface area contributed by atoms with Crippen LogP contribution in [0.5, 0.6) is 0 Å². The summed E-state index contributed by atoms with van der Waals surface area (Å²) in [6, 6.07) is 4.44. The van der Waals surface area contributed by atoms with Crippen molar-refractivity contribution in [3.05, 3.63) is 12.1 Å². The predicted octanol–water partition coefficient (Wildman–Crippen LogP) is 2.22. The number of nitrogens with zero attached hydrogens (tertiary/aromatic N) is 3. The van der Waals surface area contributed by atoms with E-state index in [1.54, 1.807) is 0 Å². The number of hydrogen-bond donors (Lipinski definition) is 1. The molecule has 1 aromatic rings. The Morgan fingerprint density at radius 3 is 2.56 bits per heavy atom. The molecule has 1 saturated carbocycles. The molecule has 0 spiro atoms. The molecule has 0 unspecified atom stereocenters. The highest BCUT2D eigenvalue weighted by atomic mass is 15.3. The van der Waals surface area contributed by atoms with Gasteiger partial charge in [-0.1, -0.05) is 19.3 Å². The zero-order valence-corrected chi connectivity index (χ0v) is 9.89. The molecule has 1 aliphatic rings. The van der Waals surface area contributed by atoms with Crippen LogP contribution in [0.2, 0.25) is 0 Å². The first-order chi connectivity index (χ1) is 7.81. The molecule has 88 valence electrons. The molecular weight excluding hydrogens is 200 g/mol. The van der Waals surface area contributed by atoms with Gasteiger partial charge in [-0.2, -0.15) is 0 Å². The van der Waals surface area contributed by atoms with Gasteiger partial charge in [-0.05, 0) is 31.9 Å². The van der Waals surface area contributed by atoms with Crippen LogP contribution in [-0.4, -0.2) is 22.8 Å². The third-order valence-electron chi connectivity index (χ3n) is 3.32. The number of nitrogens with two attached hydrogens (primary N) is 1. The number of rotatable bonds is 3. The lowest BCUT2D eigenvalue weighted by atomic mass is 9.94. The van der Waals surface area contributed by atoms with Crippen molar-refractivity contribution in [2.24, 2.45) is 0 Å². The average molecular weight is 220 g/mol. The Kier molecular flexibility index (Phi) is 3.59. The summed E-state index contributed by atoms with van der Waals surface area (Å²) in [5, 5.41) is 8.10. The summed E-state index contributed by atoms with van der Waals surface area (Å²) in [5.41, 5.74) is 5.55. The van der Waals surface area contributed by atoms with E-state index in [1.807, 2.05) is 12.1 Å². The number of aromatic nitrogens is 2. The largest absolute Gasteiger partial charge is 0.382 e. The van der Waals surface area contributed by atoms with E-state index in [-0.39, 0.29) is 0 Å². The molecule has 2 N–H and O–H groups in total. The molecule has 0 amide bonds. The van der Waals surface area contributed by atoms with Crippen LogP contribution in [0.4, 0.5) is 11.6 Å². The highest BCUT2D eigenvalue weighted by Gasteiger charge is 2.21. The lowest BCUT2D eigenvalue weighted by molar-refractivity contribution is 0.415. The van der Waals surface area contributed by atoms with Crippen LogP contribution in [0.15, 0.2) is 12.1 Å². The molecule has 16 heavy (non-hydrogen) atoms. The zero-order chi connectivity index (χ0) is 11.4. The van der Waals surface area contributed by atoms with Crippen LogP contribution in [0, 0.1) is 0 Å². The van der Waals surface area contributed by atoms with Crippen molar-refractivity contribution in [1.82, 2.24) is 10.2 Å². The van der Waals surface area contributed by atoms with Gasteiger partial charge < -0.3 is 10.6 Å². The molecule has 2 rings (SSSR count). The van der Waals surface area contributed by atoms with E-state index < -0.39 is 0 Å². The minimum Gasteiger partial charge on any atom is -0.382 e. The fraction of sp³-hybridized carbons (Fsp3) is 0.667. The second-order valence-corrected chi connectivity index (χ2v) is 4.39. The van der Waals surface area contributed by atoms with E-state index in [1.165, 1.54) is 32.1 Å². The van der Waals surface area contributed by atoms with Gasteiger partial charge in [-0.15, -0.1) is 10.2 Å². The molecule has 0 aromatic carbocycles. The third kappa shape index (κ3) is 2.43. The maximum absolute atomic E-state index is 5.55. The Morgan fingerprint density at radius 2 is 2.00 bits per heavy atom. The lowest BCUT2D eigenvalue weighted by Crippen LogP contribution is -2.37. The molecule has 4 heteroatoms. The normalized spacial score (nSPS) is 17.3. The molecule has 0 radical (unpaired) electrons. The molecule has 0 aliphatic heterocycles. The van der Waals surface area contributed by atoms with Crippen molar-refractivity contribution < 1.29 is 0 Å². The smallest absolute Gasteiger partial charge is 0.151 e. The first-order valence-electron chi connectivity index (χ1n) is 6.17. The maximum atomic E-state index is 5.55. The van der Waals surface area contributed by atoms with Crippen LogP contribution in [-0.2, 0) is 0 Å². The maximum Gasteiger partial charge on any atom is 0.151 e. The summed E-state index contributed by atoms with van der Waals surface area (Å²) < 4.78 is 0. The van der Waals surface area contributed by atoms with E-state index in [2.05, 4.69) is 22.0 Å². The van der Waals surface area contributed by atoms with Crippen molar-refractivity contribution in [1.29, 1.82) is 0 Å². The summed E-state index contributed by atoms with van der Waals surface area (Å²) in [4.78, 5) is 2.35. The van der Waals surface area contributed by atoms with Crippen LogP contribution < -0.4 is 10.6 Å². The molecule has 1 fully saturated rings. The van der Waals surface area contributed by atoms with Gasteiger partial charge in [0.2, 0.25) is 0 Å². The Bertz CT molecular complexity index is 316. The predicted molar refractivity (Wildman–Crippen MR) is 66.3 cm³/mol. The first-order valence-corrected chi connectivity index (χ1v) is 6.17. The van der Waals surface area contributed by atoms with Gasteiger partial charge in [0.05, 0.1) is 0 Å². The zero-order valence-electron chi connectivity index (χ0n) is 9.89. The van der Waals surface area contributed by atoms with Crippen LogP contribution in [0.1, 0.15) is 39.0 Å². The standard InChI is InChI=1S/C12H20N4/c1-2-16(10-6-4-3-5-7-10)12-9-8-11(13)14-15-12/h8-10H,2-7H2,1H3,(H2,13,14). The molecule has 0 bridgehead atoms. The molecule has 1 aromatic heterocycles. The van der Waals surface area contributed by atoms with Crippen molar-refractivity contribution in [2.75, 3.05) is 17.2 Å². The second-order valence-electron chi connectivity index (χ2n) is 4.39. The fourth-order valence-corrected chi connectivity index (χ4v) is 2.49. The van der Waals surface area contributed by atoms with Gasteiger partial charge in [0, 0.05) is 12.6 Å². The molecule has 1 heterocycles. The van der Waals surface area contributed by atoms with Crippen molar-refractivity contribution >= 4 is 11.6 Å². The van der Waals surface area contributed by atoms with Gasteiger partial charge in [0.25, 0.3) is 0 Å². The number of anilines is 2. The van der Waals surface area contributed by atoms with Gasteiger partial charge in [0.1, 0.15) is 5.82 Å². The molecular formula is C12H20N4. The van der Waals surface area contributed by atoms with Crippen molar-refractivity contribution in [2.45, 2.75) is 45.1 Å². The topological polar surface area (TPSA) is 55.0 Å². The van der Waals surface area contributed by atoms with E-state index in [4.69, 9.17) is 5.73 Å². The molecule has 4 nitrogen and oxygen atoms in total. The van der Waals surface area contributed by atoms with Gasteiger partial charge in [-0.25, -0.2) is 0 Å². The Hall–Kier alpha value is -1.32. The Labute approximate surface area is 96.9 Å². The summed E-state index contributed by atoms with van der Waals surface area (Å²) in [7, 11) is 0. The van der Waals surface area contributed by atoms with E-state index >= 15 is 0 Å². The van der Waals surface area contributed by atoms with E-state index in [0.29, 0.717) is 11.9 Å². The van der Waals surface area contributed by atoms with Crippen LogP contribution in [0.25, 0.3) is 0 Å². The quantitative estimate of drug-likeness (QED) is 0.848. The van der Waals surface area contributed by atoms with E-state index in [9.17, 15) is 0 Å². The minimum absolute atomic E-state index is 0.489. The molecule has 0 atom stereocenters. The fourth-order valence-electron chi connectivity index (χ4n) is 2.49. The minimum atomic E-state index is 0.489. The van der Waals surface area contributed by atoms with Crippen LogP contribution in [0.3, 0.4) is 0 Å². The lowest BCUT2D eigenvalue weighted by Gasteiger charge is -2.34. The number of hydrogen-bond acceptors (Lipinski definition) is 4. The monoisotopic (exact) mass is 220 g/mol. The van der Waals surface area contributed by atoms with Gasteiger partial charge in [0.15, 0.2) is 5.82 Å². The summed E-state index contributed by atoms with van der Waals surface area (Å²) in [5.74, 6) is 1.45. The van der Waals surface area contributed by atoms with E-state index in [0.717, 1.165) is 12.4 Å². The summed E-state index contributed by atoms with van der Waals surface area (Å²) in [6.07, 6.45) is 6.61. The van der Waals surface area contributed by atoms with Crippen molar-refractivity contribution in [3.8, 4) is 0 Å². The highest BCUT2D eigenvalue weighted by molar-refractivity contribution is 5.42. The van der Waals surface area contributed by atoms with Gasteiger partial charge in [-0.3, -0.25) is 0 Å². The van der Waals surface area contributed by atoms with Gasteiger partial charge >= 0.3 is 0 Å². The SMILES string of the molecule is CCN(c1ccc(N)nn1)C1CCCCC1. The Morgan fingerprint density at radius 1 is 1.25 bits per heavy atom. The highest BCUT2D eigenvalue weighted by Crippen LogP contribution is 2.25. The second kappa shape index (κ2) is 5.14. The Balaban J connectivity index is 2.11. The van der Waals surface area contributed by atoms with Crippen LogP contribution >= 0.6 is 0 Å².